The minimum atomic E-state index is -0.622. The molecule has 0 aliphatic carbocycles. The summed E-state index contributed by atoms with van der Waals surface area (Å²) in [4.78, 5) is 17.7. The van der Waals surface area contributed by atoms with E-state index in [1.54, 1.807) is 6.33 Å². The van der Waals surface area contributed by atoms with Gasteiger partial charge in [0, 0.05) is 24.7 Å². The molecule has 1 N–H and O–H groups in total. The lowest BCUT2D eigenvalue weighted by atomic mass is 10.0. The molecule has 0 unspecified atom stereocenters. The number of carbonyl (C=O) groups excluding carboxylic acids is 1. The van der Waals surface area contributed by atoms with Crippen molar-refractivity contribution in [1.29, 1.82) is 0 Å². The molecule has 3 aromatic rings. The van der Waals surface area contributed by atoms with E-state index >= 15 is 0 Å². The third-order valence-corrected chi connectivity index (χ3v) is 4.19. The van der Waals surface area contributed by atoms with Crippen LogP contribution in [0.3, 0.4) is 0 Å². The van der Waals surface area contributed by atoms with Gasteiger partial charge in [0.2, 0.25) is 6.10 Å². The van der Waals surface area contributed by atoms with Crippen LogP contribution in [0.1, 0.15) is 12.0 Å². The molecular formula is C19H17N5O2. The first kappa shape index (κ1) is 16.0. The zero-order valence-electron chi connectivity index (χ0n) is 14.2. The average Bonchev–Trinajstić information content (AvgIpc) is 3.32. The number of nitrogens with one attached hydrogen (secondary N) is 1. The largest absolute Gasteiger partial charge is 0.382 e. The number of benzene rings is 2. The lowest BCUT2D eigenvalue weighted by molar-refractivity contribution is -0.125. The summed E-state index contributed by atoms with van der Waals surface area (Å²) >= 11 is 0. The van der Waals surface area contributed by atoms with E-state index in [1.807, 2.05) is 66.2 Å². The molecule has 26 heavy (non-hydrogen) atoms. The van der Waals surface area contributed by atoms with Crippen molar-refractivity contribution < 1.29 is 9.63 Å². The van der Waals surface area contributed by atoms with Crippen molar-refractivity contribution in [2.45, 2.75) is 12.5 Å². The second kappa shape index (κ2) is 6.79. The minimum absolute atomic E-state index is 0.217. The van der Waals surface area contributed by atoms with Crippen molar-refractivity contribution in [2.24, 2.45) is 12.2 Å². The molecule has 0 saturated carbocycles. The van der Waals surface area contributed by atoms with Crippen molar-refractivity contribution in [3.63, 3.8) is 0 Å². The van der Waals surface area contributed by atoms with Crippen LogP contribution >= 0.6 is 0 Å². The summed E-state index contributed by atoms with van der Waals surface area (Å²) in [5.74, 6) is 0.550. The quantitative estimate of drug-likeness (QED) is 0.786. The van der Waals surface area contributed by atoms with Crippen LogP contribution in [0, 0.1) is 0 Å². The van der Waals surface area contributed by atoms with Gasteiger partial charge in [-0.05, 0) is 29.8 Å². The van der Waals surface area contributed by atoms with Crippen LogP contribution in [0.4, 0.5) is 5.69 Å². The highest BCUT2D eigenvalue weighted by molar-refractivity contribution is 6.06. The van der Waals surface area contributed by atoms with Crippen molar-refractivity contribution in [3.8, 4) is 11.4 Å². The summed E-state index contributed by atoms with van der Waals surface area (Å²) in [5, 5.41) is 14.8. The molecule has 1 atom stereocenters. The molecule has 4 rings (SSSR count). The van der Waals surface area contributed by atoms with Crippen LogP contribution in [-0.4, -0.2) is 32.5 Å². The smallest absolute Gasteiger partial charge is 0.268 e. The van der Waals surface area contributed by atoms with E-state index < -0.39 is 6.10 Å². The van der Waals surface area contributed by atoms with Crippen LogP contribution in [0.2, 0.25) is 0 Å². The first-order valence-electron chi connectivity index (χ1n) is 8.24. The monoisotopic (exact) mass is 347 g/mol. The summed E-state index contributed by atoms with van der Waals surface area (Å²) in [5.41, 5.74) is 3.37. The molecule has 1 aliphatic heterocycles. The van der Waals surface area contributed by atoms with Gasteiger partial charge in [0.15, 0.2) is 5.82 Å². The number of amides is 1. The van der Waals surface area contributed by atoms with Crippen molar-refractivity contribution >= 4 is 17.3 Å². The summed E-state index contributed by atoms with van der Waals surface area (Å²) in [6, 6.07) is 17.2. The Morgan fingerprint density at radius 2 is 1.88 bits per heavy atom. The Morgan fingerprint density at radius 3 is 2.58 bits per heavy atom. The Kier molecular flexibility index (Phi) is 4.18. The molecule has 0 spiro atoms. The number of anilines is 1. The van der Waals surface area contributed by atoms with Crippen molar-refractivity contribution in [2.75, 3.05) is 5.32 Å². The van der Waals surface area contributed by atoms with Gasteiger partial charge in [-0.3, -0.25) is 4.79 Å². The Bertz CT molecular complexity index is 948. The topological polar surface area (TPSA) is 81.4 Å². The maximum atomic E-state index is 12.4. The third kappa shape index (κ3) is 3.19. The highest BCUT2D eigenvalue weighted by Crippen LogP contribution is 2.21. The van der Waals surface area contributed by atoms with Crippen molar-refractivity contribution in [1.82, 2.24) is 14.8 Å². The molecular weight excluding hydrogens is 330 g/mol. The number of rotatable bonds is 4. The Morgan fingerprint density at radius 1 is 1.12 bits per heavy atom. The molecule has 7 nitrogen and oxygen atoms in total. The normalized spacial score (nSPS) is 16.0. The second-order valence-corrected chi connectivity index (χ2v) is 6.03. The zero-order chi connectivity index (χ0) is 17.9. The van der Waals surface area contributed by atoms with Crippen LogP contribution in [-0.2, 0) is 16.7 Å². The van der Waals surface area contributed by atoms with Gasteiger partial charge in [-0.2, -0.15) is 0 Å². The molecule has 2 aromatic carbocycles. The number of carbonyl (C=O) groups is 1. The van der Waals surface area contributed by atoms with E-state index in [9.17, 15) is 4.79 Å². The Labute approximate surface area is 150 Å². The maximum absolute atomic E-state index is 12.4. The predicted octanol–water partition coefficient (Wildman–Crippen LogP) is 2.61. The van der Waals surface area contributed by atoms with E-state index in [0.717, 1.165) is 22.7 Å². The zero-order valence-corrected chi connectivity index (χ0v) is 14.2. The van der Waals surface area contributed by atoms with Gasteiger partial charge in [0.25, 0.3) is 5.91 Å². The molecule has 0 fully saturated rings. The molecule has 1 aromatic heterocycles. The minimum Gasteiger partial charge on any atom is -0.382 e. The summed E-state index contributed by atoms with van der Waals surface area (Å²) < 4.78 is 1.84. The summed E-state index contributed by atoms with van der Waals surface area (Å²) in [6.45, 7) is 0. The number of hydrogen-bond donors (Lipinski definition) is 1. The fraction of sp³-hybridized carbons (Fsp3) is 0.158. The second-order valence-electron chi connectivity index (χ2n) is 6.03. The van der Waals surface area contributed by atoms with Gasteiger partial charge in [0.1, 0.15) is 6.33 Å². The molecule has 1 aliphatic rings. The third-order valence-electron chi connectivity index (χ3n) is 4.19. The van der Waals surface area contributed by atoms with Gasteiger partial charge in [-0.1, -0.05) is 35.5 Å². The van der Waals surface area contributed by atoms with E-state index in [-0.39, 0.29) is 5.91 Å². The molecule has 0 bridgehead atoms. The SMILES string of the molecule is Cn1cnnc1-c1ccc(NC(=O)[C@@H]2CC(c3ccccc3)=NO2)cc1. The van der Waals surface area contributed by atoms with E-state index in [2.05, 4.69) is 20.7 Å². The lowest BCUT2D eigenvalue weighted by Crippen LogP contribution is -2.28. The maximum Gasteiger partial charge on any atom is 0.268 e. The van der Waals surface area contributed by atoms with Crippen LogP contribution in [0.25, 0.3) is 11.4 Å². The van der Waals surface area contributed by atoms with Gasteiger partial charge in [0.05, 0.1) is 5.71 Å². The van der Waals surface area contributed by atoms with E-state index in [1.165, 1.54) is 0 Å². The fourth-order valence-electron chi connectivity index (χ4n) is 2.79. The number of aromatic nitrogens is 3. The number of oxime groups is 1. The summed E-state index contributed by atoms with van der Waals surface area (Å²) in [7, 11) is 1.88. The molecule has 7 heteroatoms. The first-order chi connectivity index (χ1) is 12.7. The number of aryl methyl sites for hydroxylation is 1. The predicted molar refractivity (Wildman–Crippen MR) is 97.5 cm³/mol. The molecule has 0 radical (unpaired) electrons. The average molecular weight is 347 g/mol. The number of hydrogen-bond acceptors (Lipinski definition) is 5. The van der Waals surface area contributed by atoms with E-state index in [0.29, 0.717) is 12.1 Å². The number of nitrogens with zero attached hydrogens (tertiary/aromatic N) is 4. The molecule has 0 saturated heterocycles. The standard InChI is InChI=1S/C19H17N5O2/c1-24-12-20-22-18(24)14-7-9-15(10-8-14)21-19(25)17-11-16(23-26-17)13-5-3-2-4-6-13/h2-10,12,17H,11H2,1H3,(H,21,25)/t17-/m0/s1. The van der Waals surface area contributed by atoms with E-state index in [4.69, 9.17) is 4.84 Å². The van der Waals surface area contributed by atoms with Gasteiger partial charge in [-0.25, -0.2) is 0 Å². The van der Waals surface area contributed by atoms with Gasteiger partial charge in [-0.15, -0.1) is 10.2 Å². The van der Waals surface area contributed by atoms with Crippen LogP contribution < -0.4 is 5.32 Å². The Balaban J connectivity index is 1.39. The molecule has 2 heterocycles. The van der Waals surface area contributed by atoms with Crippen molar-refractivity contribution in [3.05, 3.63) is 66.5 Å². The van der Waals surface area contributed by atoms with Gasteiger partial charge >= 0.3 is 0 Å². The fourth-order valence-corrected chi connectivity index (χ4v) is 2.79. The van der Waals surface area contributed by atoms with Crippen LogP contribution in [0.5, 0.6) is 0 Å². The highest BCUT2D eigenvalue weighted by Gasteiger charge is 2.28. The summed E-state index contributed by atoms with van der Waals surface area (Å²) in [6.07, 6.45) is 1.48. The van der Waals surface area contributed by atoms with Gasteiger partial charge < -0.3 is 14.7 Å². The Hall–Kier alpha value is -3.48. The lowest BCUT2D eigenvalue weighted by Gasteiger charge is -2.10. The molecule has 1 amide bonds. The van der Waals surface area contributed by atoms with Crippen LogP contribution in [0.15, 0.2) is 66.1 Å². The highest BCUT2D eigenvalue weighted by atomic mass is 16.6. The molecule has 130 valence electrons. The first-order valence-corrected chi connectivity index (χ1v) is 8.24.